The number of Topliss-reactive ketones (excluding diaryl/α,β-unsaturated/α-hetero) is 1. The standard InChI is InChI=1S/C21H20OS/c1-2-3-8-17(22)12-14-20(21-10-6-15-23-21)19-13-11-16-7-4-5-9-18(16)19/h1,4-7,9-10,13,15,20H,3,8,11-12,14H2. The summed E-state index contributed by atoms with van der Waals surface area (Å²) in [6, 6.07) is 12.9. The normalized spacial score (nSPS) is 14.0. The molecule has 0 fully saturated rings. The number of fused-ring (bicyclic) bond motifs is 1. The molecule has 1 aliphatic carbocycles. The largest absolute Gasteiger partial charge is 0.300 e. The van der Waals surface area contributed by atoms with E-state index in [0.29, 0.717) is 25.2 Å². The van der Waals surface area contributed by atoms with E-state index in [1.165, 1.54) is 21.6 Å². The third-order valence-electron chi connectivity index (χ3n) is 4.39. The van der Waals surface area contributed by atoms with E-state index < -0.39 is 0 Å². The number of thiophene rings is 1. The number of terminal acetylenes is 1. The van der Waals surface area contributed by atoms with Crippen LogP contribution in [0.25, 0.3) is 5.57 Å². The van der Waals surface area contributed by atoms with Crippen molar-refractivity contribution in [3.05, 3.63) is 63.9 Å². The third kappa shape index (κ3) is 3.63. The van der Waals surface area contributed by atoms with Gasteiger partial charge in [-0.3, -0.25) is 4.79 Å². The number of hydrogen-bond acceptors (Lipinski definition) is 2. The summed E-state index contributed by atoms with van der Waals surface area (Å²) in [6.07, 6.45) is 11.1. The van der Waals surface area contributed by atoms with Crippen LogP contribution in [-0.4, -0.2) is 5.78 Å². The summed E-state index contributed by atoms with van der Waals surface area (Å²) in [5.41, 5.74) is 4.12. The highest BCUT2D eigenvalue weighted by molar-refractivity contribution is 7.10. The molecule has 116 valence electrons. The van der Waals surface area contributed by atoms with E-state index in [2.05, 4.69) is 53.8 Å². The van der Waals surface area contributed by atoms with E-state index in [1.54, 1.807) is 11.3 Å². The van der Waals surface area contributed by atoms with Gasteiger partial charge in [0.25, 0.3) is 0 Å². The van der Waals surface area contributed by atoms with Crippen molar-refractivity contribution in [2.24, 2.45) is 0 Å². The number of hydrogen-bond donors (Lipinski definition) is 0. The summed E-state index contributed by atoms with van der Waals surface area (Å²) in [6.45, 7) is 0. The van der Waals surface area contributed by atoms with Gasteiger partial charge in [-0.05, 0) is 41.0 Å². The first-order valence-electron chi connectivity index (χ1n) is 8.06. The lowest BCUT2D eigenvalue weighted by molar-refractivity contribution is -0.119. The van der Waals surface area contributed by atoms with Crippen LogP contribution in [0.4, 0.5) is 0 Å². The van der Waals surface area contributed by atoms with Gasteiger partial charge in [-0.25, -0.2) is 0 Å². The lowest BCUT2D eigenvalue weighted by atomic mass is 9.88. The van der Waals surface area contributed by atoms with Crippen molar-refractivity contribution < 1.29 is 4.79 Å². The fourth-order valence-electron chi connectivity index (χ4n) is 3.22. The first-order valence-corrected chi connectivity index (χ1v) is 8.94. The van der Waals surface area contributed by atoms with Gasteiger partial charge in [0.05, 0.1) is 0 Å². The number of carbonyl (C=O) groups is 1. The molecule has 0 bridgehead atoms. The Hall–Kier alpha value is -2.11. The first kappa shape index (κ1) is 15.8. The molecule has 1 aliphatic rings. The molecular formula is C21H20OS. The Balaban J connectivity index is 1.79. The zero-order valence-corrected chi connectivity index (χ0v) is 13.9. The second kappa shape index (κ2) is 7.44. The number of carbonyl (C=O) groups excluding carboxylic acids is 1. The molecule has 1 atom stereocenters. The average molecular weight is 320 g/mol. The molecule has 2 aromatic rings. The van der Waals surface area contributed by atoms with E-state index in [1.807, 2.05) is 0 Å². The van der Waals surface area contributed by atoms with Crippen molar-refractivity contribution in [3.8, 4) is 12.3 Å². The summed E-state index contributed by atoms with van der Waals surface area (Å²) >= 11 is 1.78. The quantitative estimate of drug-likeness (QED) is 0.638. The molecular weight excluding hydrogens is 300 g/mol. The Morgan fingerprint density at radius 3 is 2.87 bits per heavy atom. The van der Waals surface area contributed by atoms with Gasteiger partial charge in [-0.1, -0.05) is 36.4 Å². The van der Waals surface area contributed by atoms with Gasteiger partial charge in [0.15, 0.2) is 0 Å². The van der Waals surface area contributed by atoms with Crippen LogP contribution in [0.3, 0.4) is 0 Å². The van der Waals surface area contributed by atoms with Crippen molar-refractivity contribution in [1.82, 2.24) is 0 Å². The van der Waals surface area contributed by atoms with Crippen molar-refractivity contribution >= 4 is 22.7 Å². The van der Waals surface area contributed by atoms with Crippen molar-refractivity contribution in [2.75, 3.05) is 0 Å². The lowest BCUT2D eigenvalue weighted by Crippen LogP contribution is -2.05. The average Bonchev–Trinajstić information content (AvgIpc) is 3.24. The molecule has 0 saturated carbocycles. The van der Waals surface area contributed by atoms with Gasteiger partial charge >= 0.3 is 0 Å². The predicted octanol–water partition coefficient (Wildman–Crippen LogP) is 5.23. The van der Waals surface area contributed by atoms with Crippen molar-refractivity contribution in [1.29, 1.82) is 0 Å². The topological polar surface area (TPSA) is 17.1 Å². The number of benzene rings is 1. The maximum Gasteiger partial charge on any atom is 0.133 e. The molecule has 3 rings (SSSR count). The Kier molecular flexibility index (Phi) is 5.10. The predicted molar refractivity (Wildman–Crippen MR) is 97.5 cm³/mol. The Morgan fingerprint density at radius 2 is 2.09 bits per heavy atom. The maximum atomic E-state index is 12.0. The van der Waals surface area contributed by atoms with E-state index in [0.717, 1.165) is 12.8 Å². The minimum atomic E-state index is 0.274. The fraction of sp³-hybridized carbons (Fsp3) is 0.286. The summed E-state index contributed by atoms with van der Waals surface area (Å²) < 4.78 is 0. The number of ketones is 1. The first-order chi connectivity index (χ1) is 11.3. The van der Waals surface area contributed by atoms with Crippen LogP contribution in [-0.2, 0) is 11.2 Å². The molecule has 0 aliphatic heterocycles. The van der Waals surface area contributed by atoms with Gasteiger partial charge in [0.2, 0.25) is 0 Å². The van der Waals surface area contributed by atoms with Crippen LogP contribution in [0.15, 0.2) is 47.9 Å². The van der Waals surface area contributed by atoms with E-state index >= 15 is 0 Å². The van der Waals surface area contributed by atoms with Crippen LogP contribution in [0, 0.1) is 12.3 Å². The van der Waals surface area contributed by atoms with E-state index in [-0.39, 0.29) is 5.78 Å². The summed E-state index contributed by atoms with van der Waals surface area (Å²) in [7, 11) is 0. The highest BCUT2D eigenvalue weighted by Crippen LogP contribution is 2.42. The number of allylic oxidation sites excluding steroid dienone is 2. The molecule has 1 nitrogen and oxygen atoms in total. The van der Waals surface area contributed by atoms with Gasteiger partial charge in [0.1, 0.15) is 5.78 Å². The molecule has 23 heavy (non-hydrogen) atoms. The van der Waals surface area contributed by atoms with Gasteiger partial charge in [0, 0.05) is 30.1 Å². The van der Waals surface area contributed by atoms with Crippen LogP contribution < -0.4 is 0 Å². The van der Waals surface area contributed by atoms with Crippen LogP contribution >= 0.6 is 11.3 Å². The fourth-order valence-corrected chi connectivity index (χ4v) is 4.10. The van der Waals surface area contributed by atoms with Gasteiger partial charge in [-0.2, -0.15) is 0 Å². The molecule has 2 heteroatoms. The summed E-state index contributed by atoms with van der Waals surface area (Å²) in [4.78, 5) is 13.4. The number of rotatable bonds is 7. The van der Waals surface area contributed by atoms with Gasteiger partial charge < -0.3 is 0 Å². The Bertz CT molecular complexity index is 746. The van der Waals surface area contributed by atoms with Crippen LogP contribution in [0.5, 0.6) is 0 Å². The monoisotopic (exact) mass is 320 g/mol. The second-order valence-electron chi connectivity index (χ2n) is 5.87. The van der Waals surface area contributed by atoms with E-state index in [4.69, 9.17) is 6.42 Å². The highest BCUT2D eigenvalue weighted by atomic mass is 32.1. The maximum absolute atomic E-state index is 12.0. The SMILES string of the molecule is C#CCCC(=O)CCC(C1=CCc2ccccc21)c1cccs1. The molecule has 1 aromatic heterocycles. The third-order valence-corrected chi connectivity index (χ3v) is 5.38. The summed E-state index contributed by atoms with van der Waals surface area (Å²) in [5, 5.41) is 2.11. The zero-order chi connectivity index (χ0) is 16.1. The second-order valence-corrected chi connectivity index (χ2v) is 6.85. The molecule has 0 spiro atoms. The molecule has 1 aromatic carbocycles. The van der Waals surface area contributed by atoms with Crippen LogP contribution in [0.2, 0.25) is 0 Å². The molecule has 0 amide bonds. The smallest absolute Gasteiger partial charge is 0.133 e. The molecule has 0 radical (unpaired) electrons. The molecule has 1 unspecified atom stereocenters. The van der Waals surface area contributed by atoms with Crippen molar-refractivity contribution in [3.63, 3.8) is 0 Å². The Morgan fingerprint density at radius 1 is 1.22 bits per heavy atom. The highest BCUT2D eigenvalue weighted by Gasteiger charge is 2.24. The summed E-state index contributed by atoms with van der Waals surface area (Å²) in [5.74, 6) is 3.14. The van der Waals surface area contributed by atoms with Gasteiger partial charge in [-0.15, -0.1) is 23.7 Å². The molecule has 1 heterocycles. The van der Waals surface area contributed by atoms with Crippen LogP contribution in [0.1, 0.15) is 47.6 Å². The minimum absolute atomic E-state index is 0.274. The minimum Gasteiger partial charge on any atom is -0.300 e. The Labute approximate surface area is 142 Å². The lowest BCUT2D eigenvalue weighted by Gasteiger charge is -2.18. The molecule has 0 saturated heterocycles. The zero-order valence-electron chi connectivity index (χ0n) is 13.1. The van der Waals surface area contributed by atoms with Crippen molar-refractivity contribution in [2.45, 2.75) is 38.0 Å². The van der Waals surface area contributed by atoms with E-state index in [9.17, 15) is 4.79 Å². The molecule has 0 N–H and O–H groups in total.